The maximum atomic E-state index is 13.0. The molecule has 0 radical (unpaired) electrons. The number of carbonyl (C=O) groups is 1. The maximum absolute atomic E-state index is 13.0. The Morgan fingerprint density at radius 3 is 2.62 bits per heavy atom. The monoisotopic (exact) mass is 485 g/mol. The Morgan fingerprint density at radius 2 is 1.85 bits per heavy atom. The molecule has 0 saturated carbocycles. The van der Waals surface area contributed by atoms with Crippen LogP contribution in [0.2, 0.25) is 0 Å². The summed E-state index contributed by atoms with van der Waals surface area (Å²) in [5, 5.41) is 14.8. The van der Waals surface area contributed by atoms with Crippen LogP contribution in [0.15, 0.2) is 59.8 Å². The summed E-state index contributed by atoms with van der Waals surface area (Å²) in [6.07, 6.45) is 0.617. The van der Waals surface area contributed by atoms with Crippen molar-refractivity contribution in [1.29, 1.82) is 0 Å². The van der Waals surface area contributed by atoms with E-state index >= 15 is 0 Å². The molecule has 0 bridgehead atoms. The second-order valence-corrected chi connectivity index (χ2v) is 10.1. The Kier molecular flexibility index (Phi) is 5.15. The number of aromatic nitrogens is 4. The van der Waals surface area contributed by atoms with Crippen LogP contribution in [0.5, 0.6) is 5.75 Å². The maximum Gasteiger partial charge on any atom is 0.239 e. The van der Waals surface area contributed by atoms with Gasteiger partial charge in [-0.3, -0.25) is 4.79 Å². The molecular formula is C25H19N5O2S2. The summed E-state index contributed by atoms with van der Waals surface area (Å²) in [5.74, 6) is 0.628. The number of hydrogen-bond acceptors (Lipinski definition) is 8. The van der Waals surface area contributed by atoms with Gasteiger partial charge >= 0.3 is 0 Å². The SMILES string of the molecule is CCC(Sc1nnc2c(n1)-c1cccc3cccc-2c13)C(=O)Nc1nc2ccc(OC)cc2s1. The van der Waals surface area contributed by atoms with Crippen LogP contribution in [0.3, 0.4) is 0 Å². The number of amides is 1. The van der Waals surface area contributed by atoms with E-state index in [-0.39, 0.29) is 11.2 Å². The fraction of sp³-hybridized carbons (Fsp3) is 0.160. The van der Waals surface area contributed by atoms with Crippen molar-refractivity contribution in [2.75, 3.05) is 12.4 Å². The standard InChI is InChI=1S/C25H19N5O2S2/c1-3-18(23(31)28-24-26-17-11-10-14(32-2)12-19(17)34-24)33-25-27-21-15-8-4-6-13-7-5-9-16(20(13)15)22(21)29-30-25/h4-12,18H,3H2,1-2H3,(H,26,28,31). The van der Waals surface area contributed by atoms with Crippen LogP contribution in [-0.4, -0.2) is 38.4 Å². The molecule has 1 aliphatic rings. The van der Waals surface area contributed by atoms with Crippen molar-refractivity contribution in [1.82, 2.24) is 20.2 Å². The minimum atomic E-state index is -0.374. The molecule has 34 heavy (non-hydrogen) atoms. The number of methoxy groups -OCH3 is 1. The van der Waals surface area contributed by atoms with Gasteiger partial charge in [-0.05, 0) is 30.0 Å². The van der Waals surface area contributed by atoms with Gasteiger partial charge in [-0.1, -0.05) is 66.4 Å². The number of fused-ring (bicyclic) bond motifs is 4. The van der Waals surface area contributed by atoms with Gasteiger partial charge in [0.2, 0.25) is 11.1 Å². The van der Waals surface area contributed by atoms with Crippen LogP contribution in [0.4, 0.5) is 5.13 Å². The molecule has 0 saturated heterocycles. The summed E-state index contributed by atoms with van der Waals surface area (Å²) in [7, 11) is 1.63. The van der Waals surface area contributed by atoms with Gasteiger partial charge in [0.15, 0.2) is 5.13 Å². The highest BCUT2D eigenvalue weighted by molar-refractivity contribution is 8.00. The third-order valence-electron chi connectivity index (χ3n) is 5.82. The summed E-state index contributed by atoms with van der Waals surface area (Å²) in [4.78, 5) is 22.4. The molecule has 6 rings (SSSR count). The first-order valence-corrected chi connectivity index (χ1v) is 12.5. The number of hydrogen-bond donors (Lipinski definition) is 1. The highest BCUT2D eigenvalue weighted by Gasteiger charge is 2.27. The molecule has 1 atom stereocenters. The van der Waals surface area contributed by atoms with Crippen molar-refractivity contribution in [3.05, 3.63) is 54.6 Å². The average molecular weight is 486 g/mol. The van der Waals surface area contributed by atoms with Crippen LogP contribution < -0.4 is 10.1 Å². The fourth-order valence-electron chi connectivity index (χ4n) is 4.19. The van der Waals surface area contributed by atoms with Crippen LogP contribution in [0.1, 0.15) is 13.3 Å². The van der Waals surface area contributed by atoms with Crippen LogP contribution in [-0.2, 0) is 4.79 Å². The molecular weight excluding hydrogens is 466 g/mol. The average Bonchev–Trinajstić information content (AvgIpc) is 3.41. The van der Waals surface area contributed by atoms with Crippen LogP contribution >= 0.6 is 23.1 Å². The van der Waals surface area contributed by atoms with Crippen molar-refractivity contribution in [2.24, 2.45) is 0 Å². The molecule has 7 nitrogen and oxygen atoms in total. The fourth-order valence-corrected chi connectivity index (χ4v) is 5.90. The number of nitrogens with one attached hydrogen (secondary N) is 1. The summed E-state index contributed by atoms with van der Waals surface area (Å²) in [6, 6.07) is 18.0. The molecule has 1 unspecified atom stereocenters. The predicted octanol–water partition coefficient (Wildman–Crippen LogP) is 5.80. The molecule has 0 aliphatic heterocycles. The first-order chi connectivity index (χ1) is 16.6. The van der Waals surface area contributed by atoms with Gasteiger partial charge in [-0.2, -0.15) is 0 Å². The van der Waals surface area contributed by atoms with Crippen LogP contribution in [0, 0.1) is 0 Å². The van der Waals surface area contributed by atoms with E-state index in [0.29, 0.717) is 16.7 Å². The highest BCUT2D eigenvalue weighted by Crippen LogP contribution is 2.45. The lowest BCUT2D eigenvalue weighted by Crippen LogP contribution is -2.24. The number of ether oxygens (including phenoxy) is 1. The van der Waals surface area contributed by atoms with E-state index in [9.17, 15) is 4.79 Å². The lowest BCUT2D eigenvalue weighted by molar-refractivity contribution is -0.115. The summed E-state index contributed by atoms with van der Waals surface area (Å²) in [5.41, 5.74) is 4.54. The Labute approximate surface area is 203 Å². The number of nitrogens with zero attached hydrogens (tertiary/aromatic N) is 4. The zero-order valence-electron chi connectivity index (χ0n) is 18.4. The smallest absolute Gasteiger partial charge is 0.239 e. The number of thiazole rings is 1. The predicted molar refractivity (Wildman–Crippen MR) is 137 cm³/mol. The molecule has 5 aromatic rings. The zero-order chi connectivity index (χ0) is 23.2. The molecule has 0 fully saturated rings. The molecule has 1 aliphatic carbocycles. The number of carbonyl (C=O) groups excluding carboxylic acids is 1. The zero-order valence-corrected chi connectivity index (χ0v) is 20.0. The highest BCUT2D eigenvalue weighted by atomic mass is 32.2. The molecule has 2 heterocycles. The first kappa shape index (κ1) is 21.0. The summed E-state index contributed by atoms with van der Waals surface area (Å²) >= 11 is 2.74. The molecule has 1 amide bonds. The van der Waals surface area contributed by atoms with Crippen molar-refractivity contribution in [3.63, 3.8) is 0 Å². The first-order valence-electron chi connectivity index (χ1n) is 10.8. The topological polar surface area (TPSA) is 89.9 Å². The van der Waals surface area contributed by atoms with Gasteiger partial charge in [-0.25, -0.2) is 9.97 Å². The minimum absolute atomic E-state index is 0.131. The summed E-state index contributed by atoms with van der Waals surface area (Å²) in [6.45, 7) is 1.97. The molecule has 3 aromatic carbocycles. The van der Waals surface area contributed by atoms with Gasteiger partial charge in [0.25, 0.3) is 0 Å². The Bertz CT molecular complexity index is 1580. The van der Waals surface area contributed by atoms with Gasteiger partial charge in [0, 0.05) is 16.5 Å². The van der Waals surface area contributed by atoms with Crippen molar-refractivity contribution >= 4 is 55.1 Å². The lowest BCUT2D eigenvalue weighted by atomic mass is 10.0. The second-order valence-electron chi connectivity index (χ2n) is 7.86. The van der Waals surface area contributed by atoms with Gasteiger partial charge in [-0.15, -0.1) is 10.2 Å². The van der Waals surface area contributed by atoms with E-state index in [0.717, 1.165) is 49.3 Å². The van der Waals surface area contributed by atoms with E-state index in [1.54, 1.807) is 7.11 Å². The van der Waals surface area contributed by atoms with Crippen molar-refractivity contribution < 1.29 is 9.53 Å². The van der Waals surface area contributed by atoms with Crippen molar-refractivity contribution in [2.45, 2.75) is 23.8 Å². The number of benzene rings is 3. The van der Waals surface area contributed by atoms with E-state index in [1.807, 2.05) is 37.3 Å². The Hall–Kier alpha value is -3.56. The van der Waals surface area contributed by atoms with E-state index in [4.69, 9.17) is 9.72 Å². The molecule has 168 valence electrons. The molecule has 1 N–H and O–H groups in total. The van der Waals surface area contributed by atoms with Crippen molar-refractivity contribution in [3.8, 4) is 28.3 Å². The van der Waals surface area contributed by atoms with Crippen LogP contribution in [0.25, 0.3) is 43.5 Å². The molecule has 0 spiro atoms. The normalized spacial score (nSPS) is 12.6. The number of thioether (sulfide) groups is 1. The third kappa shape index (κ3) is 3.48. The lowest BCUT2D eigenvalue weighted by Gasteiger charge is -2.12. The number of anilines is 1. The third-order valence-corrected chi connectivity index (χ3v) is 7.97. The van der Waals surface area contributed by atoms with Gasteiger partial charge in [0.05, 0.1) is 22.6 Å². The summed E-state index contributed by atoms with van der Waals surface area (Å²) < 4.78 is 6.23. The second kappa shape index (κ2) is 8.34. The van der Waals surface area contributed by atoms with E-state index in [2.05, 4.69) is 44.8 Å². The van der Waals surface area contributed by atoms with Gasteiger partial charge < -0.3 is 10.1 Å². The van der Waals surface area contributed by atoms with E-state index < -0.39 is 0 Å². The Morgan fingerprint density at radius 1 is 1.06 bits per heavy atom. The largest absolute Gasteiger partial charge is 0.497 e. The molecule has 9 heteroatoms. The van der Waals surface area contributed by atoms with Gasteiger partial charge in [0.1, 0.15) is 17.1 Å². The van der Waals surface area contributed by atoms with E-state index in [1.165, 1.54) is 23.1 Å². The minimum Gasteiger partial charge on any atom is -0.497 e. The Balaban J connectivity index is 1.25. The number of rotatable bonds is 6. The quantitative estimate of drug-likeness (QED) is 0.298. The molecule has 2 aromatic heterocycles.